The molecule has 1 fully saturated rings. The number of nitrogens with zero attached hydrogens (tertiary/aromatic N) is 1. The van der Waals surface area contributed by atoms with E-state index in [-0.39, 0.29) is 5.89 Å². The molecular formula is C15H17FN2O4. The summed E-state index contributed by atoms with van der Waals surface area (Å²) in [4.78, 5) is 15.7. The second-order valence-electron chi connectivity index (χ2n) is 6.28. The van der Waals surface area contributed by atoms with E-state index in [1.165, 1.54) is 5.48 Å². The lowest BCUT2D eigenvalue weighted by Gasteiger charge is -2.10. The molecule has 3 N–H and O–H groups in total. The van der Waals surface area contributed by atoms with Crippen molar-refractivity contribution in [3.8, 4) is 0 Å². The maximum atomic E-state index is 14.6. The predicted octanol–water partition coefficient (Wildman–Crippen LogP) is 2.00. The minimum absolute atomic E-state index is 0.170. The highest BCUT2D eigenvalue weighted by atomic mass is 19.1. The Labute approximate surface area is 125 Å². The molecule has 3 atom stereocenters. The number of fused-ring (bicyclic) bond motifs is 1. The first kappa shape index (κ1) is 14.9. The minimum atomic E-state index is -2.12. The van der Waals surface area contributed by atoms with E-state index in [1.807, 2.05) is 0 Å². The number of halogens is 1. The monoisotopic (exact) mass is 308 g/mol. The highest BCUT2D eigenvalue weighted by molar-refractivity contribution is 5.90. The Morgan fingerprint density at radius 3 is 2.77 bits per heavy atom. The number of oxazole rings is 1. The van der Waals surface area contributed by atoms with Gasteiger partial charge >= 0.3 is 0 Å². The van der Waals surface area contributed by atoms with Crippen molar-refractivity contribution >= 4 is 17.0 Å². The van der Waals surface area contributed by atoms with Crippen LogP contribution in [-0.4, -0.2) is 26.9 Å². The van der Waals surface area contributed by atoms with E-state index >= 15 is 0 Å². The number of hydroxylamine groups is 1. The van der Waals surface area contributed by atoms with E-state index in [4.69, 9.17) is 9.62 Å². The molecular weight excluding hydrogens is 291 g/mol. The van der Waals surface area contributed by atoms with Crippen LogP contribution < -0.4 is 5.48 Å². The van der Waals surface area contributed by atoms with Crippen molar-refractivity contribution in [2.75, 3.05) is 0 Å². The Morgan fingerprint density at radius 2 is 2.18 bits per heavy atom. The van der Waals surface area contributed by atoms with Gasteiger partial charge < -0.3 is 9.52 Å². The highest BCUT2D eigenvalue weighted by Gasteiger charge is 2.69. The summed E-state index contributed by atoms with van der Waals surface area (Å²) < 4.78 is 20.1. The summed E-state index contributed by atoms with van der Waals surface area (Å²) in [5.41, 5.74) is -0.412. The average Bonchev–Trinajstić information content (AvgIpc) is 2.85. The van der Waals surface area contributed by atoms with Crippen LogP contribution in [0.4, 0.5) is 4.39 Å². The van der Waals surface area contributed by atoms with Gasteiger partial charge in [-0.3, -0.25) is 10.0 Å². The Kier molecular flexibility index (Phi) is 3.05. The van der Waals surface area contributed by atoms with E-state index in [2.05, 4.69) is 4.98 Å². The van der Waals surface area contributed by atoms with Crippen LogP contribution in [0.1, 0.15) is 38.1 Å². The fraction of sp³-hybridized carbons (Fsp3) is 0.467. The largest absolute Gasteiger partial charge is 0.438 e. The molecule has 1 heterocycles. The maximum absolute atomic E-state index is 14.6. The van der Waals surface area contributed by atoms with Gasteiger partial charge in [0.05, 0.1) is 0 Å². The molecule has 1 aliphatic carbocycles. The molecule has 1 saturated carbocycles. The smallest absolute Gasteiger partial charge is 0.281 e. The number of hydrogen-bond donors (Lipinski definition) is 3. The molecule has 118 valence electrons. The molecule has 2 aromatic rings. The van der Waals surface area contributed by atoms with Crippen molar-refractivity contribution in [3.63, 3.8) is 0 Å². The zero-order valence-electron chi connectivity index (χ0n) is 12.4. The van der Waals surface area contributed by atoms with E-state index < -0.39 is 29.0 Å². The molecule has 3 rings (SSSR count). The number of aliphatic hydroxyl groups is 1. The third kappa shape index (κ3) is 2.00. The third-order valence-corrected chi connectivity index (χ3v) is 4.25. The molecule has 0 spiro atoms. The van der Waals surface area contributed by atoms with Crippen molar-refractivity contribution in [3.05, 3.63) is 29.7 Å². The number of carbonyl (C=O) groups excluding carboxylic acids is 1. The summed E-state index contributed by atoms with van der Waals surface area (Å²) in [6.07, 6.45) is 0. The van der Waals surface area contributed by atoms with Crippen LogP contribution in [0.5, 0.6) is 0 Å². The molecule has 0 radical (unpaired) electrons. The Morgan fingerprint density at radius 1 is 1.50 bits per heavy atom. The first-order valence-corrected chi connectivity index (χ1v) is 6.96. The molecule has 0 bridgehead atoms. The topological polar surface area (TPSA) is 95.6 Å². The van der Waals surface area contributed by atoms with Gasteiger partial charge in [-0.2, -0.15) is 0 Å². The van der Waals surface area contributed by atoms with Crippen molar-refractivity contribution in [1.82, 2.24) is 10.5 Å². The molecule has 6 nitrogen and oxygen atoms in total. The molecule has 7 heteroatoms. The van der Waals surface area contributed by atoms with Crippen molar-refractivity contribution in [2.45, 2.75) is 38.0 Å². The van der Waals surface area contributed by atoms with Crippen LogP contribution >= 0.6 is 0 Å². The summed E-state index contributed by atoms with van der Waals surface area (Å²) in [6, 6.07) is 4.95. The Balaban J connectivity index is 1.99. The first-order valence-electron chi connectivity index (χ1n) is 6.96. The maximum Gasteiger partial charge on any atom is 0.281 e. The Bertz CT molecular complexity index is 752. The summed E-state index contributed by atoms with van der Waals surface area (Å²) in [7, 11) is 0. The number of benzene rings is 1. The zero-order valence-corrected chi connectivity index (χ0v) is 12.4. The van der Waals surface area contributed by atoms with Gasteiger partial charge in [0, 0.05) is 11.8 Å². The fourth-order valence-electron chi connectivity index (χ4n) is 2.88. The van der Waals surface area contributed by atoms with Crippen LogP contribution in [0.3, 0.4) is 0 Å². The minimum Gasteiger partial charge on any atom is -0.438 e. The number of rotatable bonds is 3. The number of nitrogens with one attached hydrogen (secondary N) is 1. The number of hydrogen-bond acceptors (Lipinski definition) is 5. The number of carbonyl (C=O) groups is 1. The van der Waals surface area contributed by atoms with E-state index in [1.54, 1.807) is 39.0 Å². The summed E-state index contributed by atoms with van der Waals surface area (Å²) in [5.74, 6) is -2.07. The quantitative estimate of drug-likeness (QED) is 0.595. The normalized spacial score (nSPS) is 27.9. The van der Waals surface area contributed by atoms with Crippen molar-refractivity contribution < 1.29 is 23.9 Å². The SMILES string of the molecule is CC1C(c2ccc3nc(C(C)(C)O)oc3c2)C1(F)C(=O)NO. The molecule has 1 aromatic heterocycles. The van der Waals surface area contributed by atoms with Gasteiger partial charge in [-0.05, 0) is 31.5 Å². The fourth-order valence-corrected chi connectivity index (χ4v) is 2.88. The van der Waals surface area contributed by atoms with Crippen LogP contribution in [-0.2, 0) is 10.4 Å². The van der Waals surface area contributed by atoms with Gasteiger partial charge in [-0.25, -0.2) is 14.9 Å². The van der Waals surface area contributed by atoms with Gasteiger partial charge in [0.2, 0.25) is 11.6 Å². The van der Waals surface area contributed by atoms with Crippen LogP contribution in [0.2, 0.25) is 0 Å². The number of amides is 1. The number of alkyl halides is 1. The zero-order chi connectivity index (χ0) is 16.3. The summed E-state index contributed by atoms with van der Waals surface area (Å²) >= 11 is 0. The van der Waals surface area contributed by atoms with Crippen LogP contribution in [0.15, 0.2) is 22.6 Å². The van der Waals surface area contributed by atoms with Gasteiger partial charge in [-0.15, -0.1) is 0 Å². The second-order valence-corrected chi connectivity index (χ2v) is 6.28. The lowest BCUT2D eigenvalue weighted by Crippen LogP contribution is -2.33. The van der Waals surface area contributed by atoms with Gasteiger partial charge in [-0.1, -0.05) is 13.0 Å². The summed E-state index contributed by atoms with van der Waals surface area (Å²) in [6.45, 7) is 4.71. The molecule has 0 aliphatic heterocycles. The first-order chi connectivity index (χ1) is 10.2. The summed E-state index contributed by atoms with van der Waals surface area (Å²) in [5, 5.41) is 18.6. The van der Waals surface area contributed by atoms with Gasteiger partial charge in [0.25, 0.3) is 5.91 Å². The molecule has 3 unspecified atom stereocenters. The van der Waals surface area contributed by atoms with Gasteiger partial charge in [0.15, 0.2) is 5.58 Å². The predicted molar refractivity (Wildman–Crippen MR) is 74.9 cm³/mol. The van der Waals surface area contributed by atoms with E-state index in [0.29, 0.717) is 16.7 Å². The molecule has 0 saturated heterocycles. The Hall–Kier alpha value is -1.99. The van der Waals surface area contributed by atoms with Gasteiger partial charge in [0.1, 0.15) is 11.1 Å². The molecule has 1 aliphatic rings. The highest BCUT2D eigenvalue weighted by Crippen LogP contribution is 2.60. The van der Waals surface area contributed by atoms with Crippen LogP contribution in [0, 0.1) is 5.92 Å². The lowest BCUT2D eigenvalue weighted by atomic mass is 10.1. The van der Waals surface area contributed by atoms with Crippen molar-refractivity contribution in [2.24, 2.45) is 5.92 Å². The standard InChI is InChI=1S/C15H17FN2O4/c1-7-11(15(7,16)12(19)18-21)8-4-5-9-10(6-8)22-13(17-9)14(2,3)20/h4-7,11,20-21H,1-3H3,(H,18,19). The molecule has 1 amide bonds. The molecule has 22 heavy (non-hydrogen) atoms. The molecule has 1 aromatic carbocycles. The second kappa shape index (κ2) is 4.50. The van der Waals surface area contributed by atoms with E-state index in [9.17, 15) is 14.3 Å². The van der Waals surface area contributed by atoms with E-state index in [0.717, 1.165) is 0 Å². The number of aromatic nitrogens is 1. The average molecular weight is 308 g/mol. The van der Waals surface area contributed by atoms with Crippen molar-refractivity contribution in [1.29, 1.82) is 0 Å². The lowest BCUT2D eigenvalue weighted by molar-refractivity contribution is -0.136. The van der Waals surface area contributed by atoms with Crippen LogP contribution in [0.25, 0.3) is 11.1 Å². The third-order valence-electron chi connectivity index (χ3n) is 4.25.